The van der Waals surface area contributed by atoms with Crippen molar-refractivity contribution in [3.05, 3.63) is 89.6 Å². The second-order valence-corrected chi connectivity index (χ2v) is 13.1. The summed E-state index contributed by atoms with van der Waals surface area (Å²) in [5.41, 5.74) is 0.989. The van der Waals surface area contributed by atoms with Gasteiger partial charge in [-0.05, 0) is 89.3 Å². The summed E-state index contributed by atoms with van der Waals surface area (Å²) < 4.78 is 15.8. The van der Waals surface area contributed by atoms with Gasteiger partial charge in [-0.25, -0.2) is 29.1 Å². The molecule has 3 aromatic rings. The second kappa shape index (κ2) is 14.0. The molecule has 1 saturated heterocycles. The first-order valence-electron chi connectivity index (χ1n) is 15.1. The van der Waals surface area contributed by atoms with E-state index in [0.29, 0.717) is 22.6 Å². The van der Waals surface area contributed by atoms with Crippen LogP contribution >= 0.6 is 0 Å². The second-order valence-electron chi connectivity index (χ2n) is 13.1. The first-order chi connectivity index (χ1) is 22.1. The third kappa shape index (κ3) is 8.72. The van der Waals surface area contributed by atoms with E-state index in [9.17, 15) is 24.0 Å². The molecule has 12 heteroatoms. The predicted octanol–water partition coefficient (Wildman–Crippen LogP) is 6.12. The van der Waals surface area contributed by atoms with E-state index < -0.39 is 53.3 Å². The minimum atomic E-state index is -1.21. The Kier molecular flexibility index (Phi) is 10.3. The van der Waals surface area contributed by atoms with E-state index >= 15 is 0 Å². The number of amides is 5. The molecule has 47 heavy (non-hydrogen) atoms. The van der Waals surface area contributed by atoms with Crippen LogP contribution in [0.1, 0.15) is 58.2 Å². The number of esters is 1. The molecule has 1 fully saturated rings. The highest BCUT2D eigenvalue weighted by Crippen LogP contribution is 2.33. The lowest BCUT2D eigenvalue weighted by molar-refractivity contribution is -0.167. The van der Waals surface area contributed by atoms with E-state index in [1.165, 1.54) is 19.4 Å². The van der Waals surface area contributed by atoms with Gasteiger partial charge in [0.2, 0.25) is 5.91 Å². The van der Waals surface area contributed by atoms with Crippen LogP contribution in [0.5, 0.6) is 0 Å². The third-order valence-electron chi connectivity index (χ3n) is 7.02. The molecule has 0 radical (unpaired) electrons. The summed E-state index contributed by atoms with van der Waals surface area (Å²) in [6.45, 7) is 9.92. The van der Waals surface area contributed by atoms with Gasteiger partial charge in [0.05, 0.1) is 13.0 Å². The lowest BCUT2D eigenvalue weighted by Gasteiger charge is -2.43. The number of rotatable bonds is 7. The summed E-state index contributed by atoms with van der Waals surface area (Å²) >= 11 is 0. The van der Waals surface area contributed by atoms with Crippen molar-refractivity contribution in [2.45, 2.75) is 71.6 Å². The van der Waals surface area contributed by atoms with E-state index in [1.807, 2.05) is 42.5 Å². The Bertz CT molecular complexity index is 1620. The fourth-order valence-corrected chi connectivity index (χ4v) is 4.99. The number of likely N-dealkylation sites (tertiary alicyclic amines) is 1. The molecule has 2 aromatic carbocycles. The first kappa shape index (κ1) is 34.6. The molecule has 1 aliphatic rings. The number of pyridine rings is 1. The van der Waals surface area contributed by atoms with Gasteiger partial charge in [0, 0.05) is 11.9 Å². The molecular formula is C35H40N4O8. The summed E-state index contributed by atoms with van der Waals surface area (Å²) in [5, 5.41) is 2.78. The monoisotopic (exact) mass is 644 g/mol. The number of β-lactam (4-membered cyclic amide) rings is 1. The van der Waals surface area contributed by atoms with Gasteiger partial charge in [0.25, 0.3) is 0 Å². The number of carbonyl (C=O) groups is 5. The largest absolute Gasteiger partial charge is 0.467 e. The van der Waals surface area contributed by atoms with E-state index in [0.717, 1.165) is 16.0 Å². The van der Waals surface area contributed by atoms with Crippen LogP contribution in [0, 0.1) is 5.92 Å². The van der Waals surface area contributed by atoms with Gasteiger partial charge in [-0.2, -0.15) is 4.90 Å². The van der Waals surface area contributed by atoms with Gasteiger partial charge < -0.3 is 19.5 Å². The molecular weight excluding hydrogens is 604 g/mol. The zero-order valence-corrected chi connectivity index (χ0v) is 27.6. The Hall–Kier alpha value is -5.26. The number of hydrogen-bond acceptors (Lipinski definition) is 9. The first-order valence-corrected chi connectivity index (χ1v) is 15.1. The quantitative estimate of drug-likeness (QED) is 0.183. The maximum atomic E-state index is 13.4. The number of methoxy groups -OCH3 is 1. The standard InChI is InChI=1S/C35H40N4O8/c1-34(2,3)46-32(43)38(33(44)47-35(4,5)6)27-21-23(17-18-36-27)20-25-28(30(41)45-7)39(29(25)40)31(42)37-26-16-12-11-15-24(26)19-22-13-9-8-10-14-22/h8-18,21,25,28H,19-20H2,1-7H3,(H,37,42)/t25?,28-/m0/s1. The van der Waals surface area contributed by atoms with E-state index in [-0.39, 0.29) is 12.2 Å². The van der Waals surface area contributed by atoms with Crippen LogP contribution in [-0.4, -0.2) is 64.3 Å². The Morgan fingerprint density at radius 1 is 0.851 bits per heavy atom. The number of hydrogen-bond donors (Lipinski definition) is 1. The van der Waals surface area contributed by atoms with Gasteiger partial charge >= 0.3 is 24.2 Å². The Morgan fingerprint density at radius 2 is 1.45 bits per heavy atom. The molecule has 12 nitrogen and oxygen atoms in total. The lowest BCUT2D eigenvalue weighted by Crippen LogP contribution is -2.67. The molecule has 1 N–H and O–H groups in total. The summed E-state index contributed by atoms with van der Waals surface area (Å²) in [6, 6.07) is 18.0. The average Bonchev–Trinajstić information content (AvgIpc) is 2.98. The number of nitrogens with zero attached hydrogens (tertiary/aromatic N) is 3. The van der Waals surface area contributed by atoms with Crippen molar-refractivity contribution in [1.29, 1.82) is 0 Å². The predicted molar refractivity (Wildman–Crippen MR) is 174 cm³/mol. The molecule has 0 bridgehead atoms. The van der Waals surface area contributed by atoms with Crippen molar-refractivity contribution in [2.75, 3.05) is 17.3 Å². The van der Waals surface area contributed by atoms with Crippen molar-refractivity contribution >= 4 is 41.6 Å². The molecule has 0 aliphatic carbocycles. The molecule has 1 aromatic heterocycles. The normalized spacial score (nSPS) is 16.1. The van der Waals surface area contributed by atoms with Gasteiger partial charge in [0.15, 0.2) is 6.04 Å². The maximum absolute atomic E-state index is 13.4. The minimum Gasteiger partial charge on any atom is -0.467 e. The van der Waals surface area contributed by atoms with E-state index in [2.05, 4.69) is 10.3 Å². The van der Waals surface area contributed by atoms with Crippen molar-refractivity contribution < 1.29 is 38.2 Å². The van der Waals surface area contributed by atoms with Crippen LogP contribution in [0.15, 0.2) is 72.9 Å². The molecule has 0 spiro atoms. The van der Waals surface area contributed by atoms with Crippen molar-refractivity contribution in [1.82, 2.24) is 9.88 Å². The highest BCUT2D eigenvalue weighted by atomic mass is 16.6. The number of nitrogens with one attached hydrogen (secondary N) is 1. The van der Waals surface area contributed by atoms with Crippen LogP contribution < -0.4 is 10.2 Å². The lowest BCUT2D eigenvalue weighted by atomic mass is 9.82. The van der Waals surface area contributed by atoms with E-state index in [4.69, 9.17) is 14.2 Å². The van der Waals surface area contributed by atoms with Gasteiger partial charge in [-0.3, -0.25) is 4.79 Å². The number of carbonyl (C=O) groups excluding carboxylic acids is 5. The Morgan fingerprint density at radius 3 is 2.04 bits per heavy atom. The molecule has 5 amide bonds. The molecule has 4 rings (SSSR count). The Balaban J connectivity index is 1.56. The highest BCUT2D eigenvalue weighted by molar-refractivity contribution is 6.11. The molecule has 2 heterocycles. The number of ether oxygens (including phenoxy) is 3. The Labute approximate surface area is 274 Å². The molecule has 248 valence electrons. The number of aromatic nitrogens is 1. The SMILES string of the molecule is COC(=O)[C@@H]1C(Cc2ccnc(N(C(=O)OC(C)(C)C)C(=O)OC(C)(C)C)c2)C(=O)N1C(=O)Nc1ccccc1Cc1ccccc1. The average molecular weight is 645 g/mol. The summed E-state index contributed by atoms with van der Waals surface area (Å²) in [6.07, 6.45) is -0.115. The van der Waals surface area contributed by atoms with Crippen LogP contribution in [0.4, 0.5) is 25.9 Å². The van der Waals surface area contributed by atoms with Gasteiger partial charge in [-0.15, -0.1) is 0 Å². The zero-order chi connectivity index (χ0) is 34.5. The summed E-state index contributed by atoms with van der Waals surface area (Å²) in [5.74, 6) is -2.41. The number of urea groups is 1. The van der Waals surface area contributed by atoms with Crippen LogP contribution in [0.2, 0.25) is 0 Å². The van der Waals surface area contributed by atoms with Crippen LogP contribution in [-0.2, 0) is 36.6 Å². The third-order valence-corrected chi connectivity index (χ3v) is 7.02. The van der Waals surface area contributed by atoms with Crippen molar-refractivity contribution in [3.8, 4) is 0 Å². The number of imide groups is 2. The van der Waals surface area contributed by atoms with Gasteiger partial charge in [-0.1, -0.05) is 48.5 Å². The fourth-order valence-electron chi connectivity index (χ4n) is 4.99. The minimum absolute atomic E-state index is 0.0149. The highest BCUT2D eigenvalue weighted by Gasteiger charge is 2.55. The molecule has 2 atom stereocenters. The van der Waals surface area contributed by atoms with E-state index in [1.54, 1.807) is 59.7 Å². The maximum Gasteiger partial charge on any atom is 0.425 e. The van der Waals surface area contributed by atoms with Crippen molar-refractivity contribution in [2.24, 2.45) is 5.92 Å². The summed E-state index contributed by atoms with van der Waals surface area (Å²) in [4.78, 5) is 71.7. The molecule has 0 saturated carbocycles. The smallest absolute Gasteiger partial charge is 0.425 e. The van der Waals surface area contributed by atoms with Gasteiger partial charge in [0.1, 0.15) is 17.0 Å². The van der Waals surface area contributed by atoms with Crippen molar-refractivity contribution in [3.63, 3.8) is 0 Å². The fraction of sp³-hybridized carbons (Fsp3) is 0.371. The molecule has 1 aliphatic heterocycles. The summed E-state index contributed by atoms with van der Waals surface area (Å²) in [7, 11) is 1.18. The number of benzene rings is 2. The number of anilines is 2. The topological polar surface area (TPSA) is 144 Å². The zero-order valence-electron chi connectivity index (χ0n) is 27.6. The van der Waals surface area contributed by atoms with Crippen LogP contribution in [0.25, 0.3) is 0 Å². The van der Waals surface area contributed by atoms with Crippen LogP contribution in [0.3, 0.4) is 0 Å². The number of para-hydroxylation sites is 1. The molecule has 1 unspecified atom stereocenters.